The highest BCUT2D eigenvalue weighted by Crippen LogP contribution is 2.32. The number of nitrogens with zero attached hydrogens (tertiary/aromatic N) is 5. The first-order chi connectivity index (χ1) is 13.8. The van der Waals surface area contributed by atoms with Gasteiger partial charge >= 0.3 is 0 Å². The smallest absolute Gasteiger partial charge is 0.231 e. The van der Waals surface area contributed by atoms with Gasteiger partial charge in [0, 0.05) is 51.7 Å². The summed E-state index contributed by atoms with van der Waals surface area (Å²) in [7, 11) is 0. The van der Waals surface area contributed by atoms with Crippen LogP contribution in [-0.4, -0.2) is 66.9 Å². The van der Waals surface area contributed by atoms with Crippen LogP contribution in [0.15, 0.2) is 41.7 Å². The third-order valence-electron chi connectivity index (χ3n) is 4.85. The molecular weight excluding hydrogens is 483 g/mol. The number of aromatic nitrogens is 2. The molecule has 1 aromatic carbocycles. The number of piperazine rings is 1. The minimum absolute atomic E-state index is 0. The fourth-order valence-corrected chi connectivity index (χ4v) is 3.39. The maximum absolute atomic E-state index is 5.45. The van der Waals surface area contributed by atoms with Crippen molar-refractivity contribution in [3.05, 3.63) is 42.2 Å². The maximum Gasteiger partial charge on any atom is 0.231 e. The van der Waals surface area contributed by atoms with E-state index in [-0.39, 0.29) is 24.0 Å². The molecule has 1 aromatic heterocycles. The van der Waals surface area contributed by atoms with E-state index in [1.165, 1.54) is 5.56 Å². The second-order valence-corrected chi connectivity index (χ2v) is 6.70. The van der Waals surface area contributed by atoms with Gasteiger partial charge in [0.1, 0.15) is 0 Å². The van der Waals surface area contributed by atoms with Crippen LogP contribution in [0.25, 0.3) is 0 Å². The standard InChI is InChI=1S/C20H26N6O2.HI/c1-2-21-19(24-9-6-16-4-5-17-18(14-16)28-15-27-17)25-10-12-26(13-11-25)20-22-7-3-8-23-20;/h3-5,7-8,14H,2,6,9-13,15H2,1H3,(H,21,24);1H. The first-order valence-electron chi connectivity index (χ1n) is 9.77. The van der Waals surface area contributed by atoms with Gasteiger partial charge in [-0.2, -0.15) is 0 Å². The fraction of sp³-hybridized carbons (Fsp3) is 0.450. The van der Waals surface area contributed by atoms with E-state index in [0.717, 1.165) is 69.1 Å². The Balaban J connectivity index is 0.00000240. The zero-order valence-electron chi connectivity index (χ0n) is 16.6. The predicted molar refractivity (Wildman–Crippen MR) is 123 cm³/mol. The van der Waals surface area contributed by atoms with E-state index in [0.29, 0.717) is 6.79 Å². The number of benzene rings is 1. The van der Waals surface area contributed by atoms with Gasteiger partial charge in [0.2, 0.25) is 12.7 Å². The molecule has 1 fully saturated rings. The monoisotopic (exact) mass is 510 g/mol. The van der Waals surface area contributed by atoms with E-state index in [4.69, 9.17) is 14.5 Å². The van der Waals surface area contributed by atoms with Gasteiger partial charge in [-0.1, -0.05) is 6.07 Å². The Morgan fingerprint density at radius 2 is 1.86 bits per heavy atom. The molecule has 2 aliphatic rings. The van der Waals surface area contributed by atoms with Gasteiger partial charge in [-0.3, -0.25) is 4.99 Å². The molecule has 29 heavy (non-hydrogen) atoms. The molecule has 0 radical (unpaired) electrons. The molecule has 0 spiro atoms. The molecule has 0 saturated carbocycles. The van der Waals surface area contributed by atoms with E-state index >= 15 is 0 Å². The summed E-state index contributed by atoms with van der Waals surface area (Å²) >= 11 is 0. The third kappa shape index (κ3) is 5.40. The van der Waals surface area contributed by atoms with Crippen LogP contribution in [0, 0.1) is 0 Å². The average Bonchev–Trinajstić information content (AvgIpc) is 3.22. The van der Waals surface area contributed by atoms with E-state index in [2.05, 4.69) is 38.1 Å². The number of guanidine groups is 1. The summed E-state index contributed by atoms with van der Waals surface area (Å²) in [6, 6.07) is 7.94. The second-order valence-electron chi connectivity index (χ2n) is 6.70. The van der Waals surface area contributed by atoms with Crippen molar-refractivity contribution in [1.82, 2.24) is 20.2 Å². The van der Waals surface area contributed by atoms with Crippen LogP contribution in [-0.2, 0) is 6.42 Å². The van der Waals surface area contributed by atoms with Crippen molar-refractivity contribution >= 4 is 35.9 Å². The Kier molecular flexibility index (Phi) is 7.73. The van der Waals surface area contributed by atoms with E-state index in [1.807, 2.05) is 18.2 Å². The van der Waals surface area contributed by atoms with E-state index < -0.39 is 0 Å². The molecule has 0 bridgehead atoms. The summed E-state index contributed by atoms with van der Waals surface area (Å²) in [6.45, 7) is 7.55. The molecule has 3 heterocycles. The lowest BCUT2D eigenvalue weighted by Gasteiger charge is -2.36. The van der Waals surface area contributed by atoms with Crippen LogP contribution < -0.4 is 19.7 Å². The van der Waals surface area contributed by atoms with Crippen molar-refractivity contribution in [3.8, 4) is 11.5 Å². The number of fused-ring (bicyclic) bond motifs is 1. The van der Waals surface area contributed by atoms with Crippen molar-refractivity contribution in [1.29, 1.82) is 0 Å². The lowest BCUT2D eigenvalue weighted by molar-refractivity contribution is 0.174. The number of hydrogen-bond acceptors (Lipinski definition) is 6. The minimum Gasteiger partial charge on any atom is -0.454 e. The first kappa shape index (κ1) is 21.4. The Hall–Kier alpha value is -2.30. The number of halogens is 1. The molecule has 156 valence electrons. The number of aliphatic imine (C=N–C) groups is 1. The van der Waals surface area contributed by atoms with Crippen molar-refractivity contribution < 1.29 is 9.47 Å². The van der Waals surface area contributed by atoms with E-state index in [9.17, 15) is 0 Å². The zero-order chi connectivity index (χ0) is 19.2. The highest BCUT2D eigenvalue weighted by molar-refractivity contribution is 14.0. The lowest BCUT2D eigenvalue weighted by atomic mass is 10.1. The van der Waals surface area contributed by atoms with Gasteiger partial charge in [-0.05, 0) is 37.1 Å². The molecule has 0 amide bonds. The van der Waals surface area contributed by atoms with Gasteiger partial charge in [0.25, 0.3) is 0 Å². The predicted octanol–water partition coefficient (Wildman–Crippen LogP) is 2.15. The Morgan fingerprint density at radius 3 is 2.62 bits per heavy atom. The van der Waals surface area contributed by atoms with Gasteiger partial charge in [-0.15, -0.1) is 24.0 Å². The third-order valence-corrected chi connectivity index (χ3v) is 4.85. The molecule has 2 aliphatic heterocycles. The molecule has 2 aromatic rings. The molecule has 0 unspecified atom stereocenters. The highest BCUT2D eigenvalue weighted by Gasteiger charge is 2.21. The van der Waals surface area contributed by atoms with Crippen LogP contribution in [0.5, 0.6) is 11.5 Å². The van der Waals surface area contributed by atoms with Crippen molar-refractivity contribution in [3.63, 3.8) is 0 Å². The number of rotatable bonds is 5. The molecule has 0 atom stereocenters. The van der Waals surface area contributed by atoms with Crippen LogP contribution >= 0.6 is 24.0 Å². The minimum atomic E-state index is 0. The average molecular weight is 510 g/mol. The van der Waals surface area contributed by atoms with Gasteiger partial charge < -0.3 is 24.6 Å². The topological polar surface area (TPSA) is 75.1 Å². The number of ether oxygens (including phenoxy) is 2. The summed E-state index contributed by atoms with van der Waals surface area (Å²) in [5, 5.41) is 3.42. The van der Waals surface area contributed by atoms with Crippen LogP contribution in [0.2, 0.25) is 0 Å². The van der Waals surface area contributed by atoms with Gasteiger partial charge in [0.05, 0.1) is 0 Å². The summed E-state index contributed by atoms with van der Waals surface area (Å²) in [4.78, 5) is 18.1. The number of anilines is 1. The maximum atomic E-state index is 5.45. The molecular formula is C20H27IN6O2. The molecule has 9 heteroatoms. The zero-order valence-corrected chi connectivity index (χ0v) is 18.9. The van der Waals surface area contributed by atoms with Crippen molar-refractivity contribution in [2.45, 2.75) is 13.3 Å². The quantitative estimate of drug-likeness (QED) is 0.376. The highest BCUT2D eigenvalue weighted by atomic mass is 127. The SMILES string of the molecule is CCNC(=NCCc1ccc2c(c1)OCO2)N1CCN(c2ncccn2)CC1.I. The molecule has 8 nitrogen and oxygen atoms in total. The van der Waals surface area contributed by atoms with E-state index in [1.54, 1.807) is 12.4 Å². The summed E-state index contributed by atoms with van der Waals surface area (Å²) in [6.07, 6.45) is 4.44. The lowest BCUT2D eigenvalue weighted by Crippen LogP contribution is -2.53. The number of nitrogens with one attached hydrogen (secondary N) is 1. The Morgan fingerprint density at radius 1 is 1.10 bits per heavy atom. The van der Waals surface area contributed by atoms with Gasteiger partial charge in [0.15, 0.2) is 17.5 Å². The summed E-state index contributed by atoms with van der Waals surface area (Å²) in [5.41, 5.74) is 1.20. The molecule has 1 saturated heterocycles. The van der Waals surface area contributed by atoms with Crippen molar-refractivity contribution in [2.75, 3.05) is 51.0 Å². The summed E-state index contributed by atoms with van der Waals surface area (Å²) < 4.78 is 10.8. The molecule has 0 aliphatic carbocycles. The second kappa shape index (κ2) is 10.5. The molecule has 1 N–H and O–H groups in total. The normalized spacial score (nSPS) is 15.8. The summed E-state index contributed by atoms with van der Waals surface area (Å²) in [5.74, 6) is 3.41. The van der Waals surface area contributed by atoms with Crippen LogP contribution in [0.1, 0.15) is 12.5 Å². The largest absolute Gasteiger partial charge is 0.454 e. The van der Waals surface area contributed by atoms with Crippen LogP contribution in [0.3, 0.4) is 0 Å². The Bertz CT molecular complexity index is 812. The fourth-order valence-electron chi connectivity index (χ4n) is 3.39. The Labute approximate surface area is 188 Å². The van der Waals surface area contributed by atoms with Crippen LogP contribution in [0.4, 0.5) is 5.95 Å². The van der Waals surface area contributed by atoms with Crippen molar-refractivity contribution in [2.24, 2.45) is 4.99 Å². The van der Waals surface area contributed by atoms with Gasteiger partial charge in [-0.25, -0.2) is 9.97 Å². The number of hydrogen-bond donors (Lipinski definition) is 1. The molecule has 4 rings (SSSR count). The first-order valence-corrected chi connectivity index (χ1v) is 9.77.